The quantitative estimate of drug-likeness (QED) is 0.668. The van der Waals surface area contributed by atoms with Gasteiger partial charge in [-0.05, 0) is 0 Å². The number of carbonyl (C=O) groups is 1. The van der Waals surface area contributed by atoms with Crippen molar-refractivity contribution in [1.29, 1.82) is 0 Å². The van der Waals surface area contributed by atoms with Gasteiger partial charge in [-0.2, -0.15) is 0 Å². The minimum absolute atomic E-state index is 0.174. The molecule has 0 unspecified atom stereocenters. The molecule has 2 aromatic rings. The van der Waals surface area contributed by atoms with E-state index >= 15 is 0 Å². The molecule has 92 valence electrons. The summed E-state index contributed by atoms with van der Waals surface area (Å²) >= 11 is 6.00. The van der Waals surface area contributed by atoms with E-state index in [2.05, 4.69) is 5.32 Å². The second-order valence-electron chi connectivity index (χ2n) is 3.74. The van der Waals surface area contributed by atoms with Crippen molar-refractivity contribution < 1.29 is 9.72 Å². The summed E-state index contributed by atoms with van der Waals surface area (Å²) in [4.78, 5) is 21.6. The van der Waals surface area contributed by atoms with E-state index in [0.29, 0.717) is 10.8 Å². The van der Waals surface area contributed by atoms with Gasteiger partial charge in [0, 0.05) is 23.8 Å². The number of nitro benzene ring substituents is 1. The summed E-state index contributed by atoms with van der Waals surface area (Å²) in [5.41, 5.74) is -0.0404. The number of benzene rings is 2. The summed E-state index contributed by atoms with van der Waals surface area (Å²) in [6.07, 6.45) is 0. The van der Waals surface area contributed by atoms with Crippen LogP contribution in [0, 0.1) is 10.1 Å². The minimum Gasteiger partial charge on any atom is -0.320 e. The number of carbonyl (C=O) groups excluding carboxylic acids is 1. The Kier molecular flexibility index (Phi) is 3.16. The summed E-state index contributed by atoms with van der Waals surface area (Å²) in [6.45, 7) is 1.30. The van der Waals surface area contributed by atoms with E-state index in [4.69, 9.17) is 11.6 Å². The predicted molar refractivity (Wildman–Crippen MR) is 69.9 cm³/mol. The number of nitrogens with zero attached hydrogens (tertiary/aromatic N) is 1. The van der Waals surface area contributed by atoms with Crippen LogP contribution < -0.4 is 5.32 Å². The predicted octanol–water partition coefficient (Wildman–Crippen LogP) is 3.36. The first-order valence-corrected chi connectivity index (χ1v) is 5.51. The van der Waals surface area contributed by atoms with Crippen LogP contribution in [0.5, 0.6) is 0 Å². The van der Waals surface area contributed by atoms with Gasteiger partial charge < -0.3 is 5.32 Å². The Morgan fingerprint density at radius 3 is 2.50 bits per heavy atom. The smallest absolute Gasteiger partial charge is 0.294 e. The summed E-state index contributed by atoms with van der Waals surface area (Å²) in [6, 6.07) is 8.17. The monoisotopic (exact) mass is 264 g/mol. The zero-order chi connectivity index (χ0) is 13.3. The molecule has 18 heavy (non-hydrogen) atoms. The van der Waals surface area contributed by atoms with Gasteiger partial charge in [-0.1, -0.05) is 35.9 Å². The summed E-state index contributed by atoms with van der Waals surface area (Å²) < 4.78 is 0. The van der Waals surface area contributed by atoms with Gasteiger partial charge in [0.05, 0.1) is 9.95 Å². The highest BCUT2D eigenvalue weighted by atomic mass is 35.5. The molecule has 0 aromatic heterocycles. The molecule has 0 bridgehead atoms. The fraction of sp³-hybridized carbons (Fsp3) is 0.0833. The molecule has 0 aliphatic heterocycles. The average Bonchev–Trinajstić information content (AvgIpc) is 2.32. The average molecular weight is 265 g/mol. The van der Waals surface area contributed by atoms with Crippen molar-refractivity contribution in [2.45, 2.75) is 6.92 Å². The van der Waals surface area contributed by atoms with Crippen molar-refractivity contribution in [2.24, 2.45) is 0 Å². The molecule has 1 amide bonds. The zero-order valence-corrected chi connectivity index (χ0v) is 10.2. The molecule has 0 spiro atoms. The van der Waals surface area contributed by atoms with Crippen LogP contribution in [-0.4, -0.2) is 10.8 Å². The Labute approximate surface area is 108 Å². The van der Waals surface area contributed by atoms with Crippen molar-refractivity contribution in [3.63, 3.8) is 0 Å². The summed E-state index contributed by atoms with van der Waals surface area (Å²) in [7, 11) is 0. The molecule has 0 atom stereocenters. The number of amides is 1. The van der Waals surface area contributed by atoms with Crippen LogP contribution in [0.2, 0.25) is 5.02 Å². The van der Waals surface area contributed by atoms with E-state index in [9.17, 15) is 14.9 Å². The molecule has 0 aliphatic carbocycles. The lowest BCUT2D eigenvalue weighted by Gasteiger charge is -2.09. The lowest BCUT2D eigenvalue weighted by Crippen LogP contribution is -2.08. The number of hydrogen-bond donors (Lipinski definition) is 1. The maximum absolute atomic E-state index is 11.1. The third-order valence-corrected chi connectivity index (χ3v) is 2.78. The highest BCUT2D eigenvalue weighted by Gasteiger charge is 2.20. The van der Waals surface area contributed by atoms with Crippen molar-refractivity contribution in [1.82, 2.24) is 0 Å². The molecule has 5 nitrogen and oxygen atoms in total. The Hall–Kier alpha value is -2.14. The van der Waals surface area contributed by atoms with Crippen molar-refractivity contribution in [3.05, 3.63) is 45.5 Å². The van der Waals surface area contributed by atoms with Crippen molar-refractivity contribution in [3.8, 4) is 0 Å². The Balaban J connectivity index is 2.83. The highest BCUT2D eigenvalue weighted by molar-refractivity contribution is 6.36. The third kappa shape index (κ3) is 2.12. The number of hydrogen-bond acceptors (Lipinski definition) is 3. The topological polar surface area (TPSA) is 72.2 Å². The number of anilines is 1. The molecule has 2 aromatic carbocycles. The van der Waals surface area contributed by atoms with E-state index in [1.807, 2.05) is 0 Å². The van der Waals surface area contributed by atoms with E-state index < -0.39 is 4.92 Å². The summed E-state index contributed by atoms with van der Waals surface area (Å²) in [5, 5.41) is 15.0. The molecule has 1 N–H and O–H groups in total. The molecule has 0 saturated carbocycles. The van der Waals surface area contributed by atoms with E-state index in [0.717, 1.165) is 0 Å². The Morgan fingerprint density at radius 2 is 1.94 bits per heavy atom. The van der Waals surface area contributed by atoms with Gasteiger partial charge in [0.25, 0.3) is 5.69 Å². The van der Waals surface area contributed by atoms with Gasteiger partial charge in [-0.3, -0.25) is 14.9 Å². The number of nitro groups is 1. The molecule has 0 saturated heterocycles. The normalized spacial score (nSPS) is 10.3. The zero-order valence-electron chi connectivity index (χ0n) is 9.44. The second kappa shape index (κ2) is 4.62. The largest absolute Gasteiger partial charge is 0.320 e. The van der Waals surface area contributed by atoms with Gasteiger partial charge in [0.15, 0.2) is 0 Å². The maximum Gasteiger partial charge on any atom is 0.294 e. The molecular formula is C12H9ClN2O3. The molecule has 0 heterocycles. The molecule has 0 aliphatic rings. The van der Waals surface area contributed by atoms with Crippen LogP contribution in [0.15, 0.2) is 30.3 Å². The standard InChI is InChI=1S/C12H9ClN2O3/c1-7(16)14-12-9-5-3-2-4-8(9)10(13)6-11(12)15(17)18/h2-6H,1H3,(H,14,16). The molecule has 0 fully saturated rings. The fourth-order valence-electron chi connectivity index (χ4n) is 1.77. The highest BCUT2D eigenvalue weighted by Crippen LogP contribution is 2.37. The van der Waals surface area contributed by atoms with E-state index in [-0.39, 0.29) is 22.3 Å². The molecule has 6 heteroatoms. The SMILES string of the molecule is CC(=O)Nc1c([N+](=O)[O-])cc(Cl)c2ccccc12. The van der Waals surface area contributed by atoms with Crippen LogP contribution in [0.25, 0.3) is 10.8 Å². The maximum atomic E-state index is 11.1. The van der Waals surface area contributed by atoms with Gasteiger partial charge in [-0.25, -0.2) is 0 Å². The number of fused-ring (bicyclic) bond motifs is 1. The van der Waals surface area contributed by atoms with E-state index in [1.54, 1.807) is 24.3 Å². The number of rotatable bonds is 2. The van der Waals surface area contributed by atoms with Crippen LogP contribution >= 0.6 is 11.6 Å². The Bertz CT molecular complexity index is 655. The van der Waals surface area contributed by atoms with Gasteiger partial charge in [0.1, 0.15) is 5.69 Å². The molecular weight excluding hydrogens is 256 g/mol. The fourth-order valence-corrected chi connectivity index (χ4v) is 2.04. The van der Waals surface area contributed by atoms with Crippen LogP contribution in [0.1, 0.15) is 6.92 Å². The lowest BCUT2D eigenvalue weighted by molar-refractivity contribution is -0.383. The number of halogens is 1. The number of nitrogens with one attached hydrogen (secondary N) is 1. The van der Waals surface area contributed by atoms with Crippen LogP contribution in [-0.2, 0) is 4.79 Å². The van der Waals surface area contributed by atoms with Crippen LogP contribution in [0.4, 0.5) is 11.4 Å². The lowest BCUT2D eigenvalue weighted by atomic mass is 10.1. The van der Waals surface area contributed by atoms with Gasteiger partial charge in [-0.15, -0.1) is 0 Å². The van der Waals surface area contributed by atoms with Gasteiger partial charge in [0.2, 0.25) is 5.91 Å². The Morgan fingerprint density at radius 1 is 1.33 bits per heavy atom. The van der Waals surface area contributed by atoms with Crippen molar-refractivity contribution >= 4 is 39.7 Å². The minimum atomic E-state index is -0.566. The van der Waals surface area contributed by atoms with Gasteiger partial charge >= 0.3 is 0 Å². The molecule has 0 radical (unpaired) electrons. The second-order valence-corrected chi connectivity index (χ2v) is 4.14. The molecule has 2 rings (SSSR count). The first-order chi connectivity index (χ1) is 8.50. The first-order valence-electron chi connectivity index (χ1n) is 5.14. The first kappa shape index (κ1) is 12.3. The van der Waals surface area contributed by atoms with E-state index in [1.165, 1.54) is 13.0 Å². The van der Waals surface area contributed by atoms with Crippen molar-refractivity contribution in [2.75, 3.05) is 5.32 Å². The third-order valence-electron chi connectivity index (χ3n) is 2.47. The van der Waals surface area contributed by atoms with Crippen LogP contribution in [0.3, 0.4) is 0 Å². The summed E-state index contributed by atoms with van der Waals surface area (Å²) in [5.74, 6) is -0.370.